The second-order valence-electron chi connectivity index (χ2n) is 2.37. The van der Waals surface area contributed by atoms with Gasteiger partial charge in [0.1, 0.15) is 11.5 Å². The third kappa shape index (κ3) is 2.19. The summed E-state index contributed by atoms with van der Waals surface area (Å²) in [5, 5.41) is -0.857. The lowest BCUT2D eigenvalue weighted by molar-refractivity contribution is 0.107. The van der Waals surface area contributed by atoms with E-state index < -0.39 is 23.0 Å². The summed E-state index contributed by atoms with van der Waals surface area (Å²) in [6.07, 6.45) is -2.74. The van der Waals surface area contributed by atoms with E-state index in [9.17, 15) is 13.6 Å². The van der Waals surface area contributed by atoms with Gasteiger partial charge in [0, 0.05) is 4.47 Å². The van der Waals surface area contributed by atoms with Crippen LogP contribution in [0.4, 0.5) is 14.6 Å². The molecule has 0 saturated carbocycles. The van der Waals surface area contributed by atoms with Crippen molar-refractivity contribution in [3.05, 3.63) is 21.8 Å². The molecule has 14 heavy (non-hydrogen) atoms. The van der Waals surface area contributed by atoms with Gasteiger partial charge in [-0.2, -0.15) is 0 Å². The van der Waals surface area contributed by atoms with Crippen LogP contribution in [0.3, 0.4) is 0 Å². The van der Waals surface area contributed by atoms with E-state index in [-0.39, 0.29) is 10.2 Å². The molecule has 2 N–H and O–H groups in total. The number of carbonyl (C=O) groups is 1. The van der Waals surface area contributed by atoms with Crippen LogP contribution >= 0.6 is 27.5 Å². The summed E-state index contributed by atoms with van der Waals surface area (Å²) in [5.41, 5.74) is 4.60. The zero-order valence-corrected chi connectivity index (χ0v) is 8.94. The van der Waals surface area contributed by atoms with E-state index in [0.717, 1.165) is 6.07 Å². The smallest absolute Gasteiger partial charge is 0.272 e. The molecule has 0 bridgehead atoms. The van der Waals surface area contributed by atoms with Crippen LogP contribution < -0.4 is 5.73 Å². The van der Waals surface area contributed by atoms with Crippen LogP contribution in [0, 0.1) is 0 Å². The van der Waals surface area contributed by atoms with Gasteiger partial charge >= 0.3 is 0 Å². The number of alkyl halides is 2. The molecule has 1 aromatic rings. The van der Waals surface area contributed by atoms with E-state index >= 15 is 0 Å². The number of hydrogen-bond acceptors (Lipinski definition) is 3. The van der Waals surface area contributed by atoms with Gasteiger partial charge in [-0.05, 0) is 33.6 Å². The van der Waals surface area contributed by atoms with E-state index in [1.54, 1.807) is 0 Å². The van der Waals surface area contributed by atoms with Crippen molar-refractivity contribution in [2.24, 2.45) is 0 Å². The summed E-state index contributed by atoms with van der Waals surface area (Å²) in [5.74, 6) is -0.396. The number of halogens is 4. The minimum atomic E-state index is -2.74. The molecule has 0 aliphatic carbocycles. The molecule has 0 fully saturated rings. The second kappa shape index (κ2) is 4.18. The Morgan fingerprint density at radius 1 is 1.64 bits per heavy atom. The standard InChI is InChI=1S/C7H4BrClF2N2O/c8-3-1-2(6(10)11)7(12)13-4(3)5(9)14/h1,6H,(H2,12,13). The fraction of sp³-hybridized carbons (Fsp3) is 0.143. The summed E-state index contributed by atoms with van der Waals surface area (Å²) in [7, 11) is 0. The lowest BCUT2D eigenvalue weighted by atomic mass is 10.2. The zero-order valence-electron chi connectivity index (χ0n) is 6.60. The average molecular weight is 285 g/mol. The first kappa shape index (κ1) is 11.3. The van der Waals surface area contributed by atoms with Gasteiger partial charge in [0.05, 0.1) is 5.56 Å². The molecule has 7 heteroatoms. The number of aromatic nitrogens is 1. The number of carbonyl (C=O) groups excluding carboxylic acids is 1. The van der Waals surface area contributed by atoms with Gasteiger partial charge in [0.15, 0.2) is 0 Å². The molecule has 0 radical (unpaired) electrons. The summed E-state index contributed by atoms with van der Waals surface area (Å²) >= 11 is 8.03. The monoisotopic (exact) mass is 284 g/mol. The van der Waals surface area contributed by atoms with E-state index in [1.165, 1.54) is 0 Å². The van der Waals surface area contributed by atoms with Crippen molar-refractivity contribution in [3.8, 4) is 0 Å². The molecule has 1 heterocycles. The molecule has 0 amide bonds. The maximum absolute atomic E-state index is 12.3. The van der Waals surface area contributed by atoms with Gasteiger partial charge in [-0.3, -0.25) is 4.79 Å². The number of hydrogen-bond donors (Lipinski definition) is 1. The van der Waals surface area contributed by atoms with Crippen molar-refractivity contribution < 1.29 is 13.6 Å². The Balaban J connectivity index is 3.31. The third-order valence-electron chi connectivity index (χ3n) is 1.46. The number of rotatable bonds is 2. The molecule has 0 aliphatic rings. The van der Waals surface area contributed by atoms with Crippen LogP contribution in [0.2, 0.25) is 0 Å². The Kier molecular flexibility index (Phi) is 3.38. The molecule has 0 saturated heterocycles. The van der Waals surface area contributed by atoms with E-state index in [2.05, 4.69) is 20.9 Å². The molecule has 1 rings (SSSR count). The van der Waals surface area contributed by atoms with E-state index in [1.807, 2.05) is 0 Å². The molecule has 3 nitrogen and oxygen atoms in total. The first-order chi connectivity index (χ1) is 6.43. The number of nitrogens with zero attached hydrogens (tertiary/aromatic N) is 1. The first-order valence-electron chi connectivity index (χ1n) is 3.37. The van der Waals surface area contributed by atoms with Gasteiger partial charge in [-0.25, -0.2) is 13.8 Å². The maximum Gasteiger partial charge on any atom is 0.272 e. The Bertz CT molecular complexity index is 386. The number of nitrogen functional groups attached to an aromatic ring is 1. The Hall–Kier alpha value is -0.750. The lowest BCUT2D eigenvalue weighted by Crippen LogP contribution is -2.04. The quantitative estimate of drug-likeness (QED) is 0.850. The van der Waals surface area contributed by atoms with Crippen molar-refractivity contribution in [2.75, 3.05) is 5.73 Å². The number of anilines is 1. The average Bonchev–Trinajstić information content (AvgIpc) is 2.07. The summed E-state index contributed by atoms with van der Waals surface area (Å²) in [6, 6.07) is 1.03. The highest BCUT2D eigenvalue weighted by Crippen LogP contribution is 2.28. The second-order valence-corrected chi connectivity index (χ2v) is 3.57. The molecule has 76 valence electrons. The summed E-state index contributed by atoms with van der Waals surface area (Å²) < 4.78 is 24.7. The van der Waals surface area contributed by atoms with Crippen molar-refractivity contribution in [2.45, 2.75) is 6.43 Å². The predicted molar refractivity (Wildman–Crippen MR) is 51.5 cm³/mol. The van der Waals surface area contributed by atoms with Crippen LogP contribution in [0.1, 0.15) is 22.5 Å². The van der Waals surface area contributed by atoms with Gasteiger partial charge in [0.25, 0.3) is 11.7 Å². The summed E-state index contributed by atoms with van der Waals surface area (Å²) in [4.78, 5) is 14.2. The van der Waals surface area contributed by atoms with Crippen molar-refractivity contribution in [3.63, 3.8) is 0 Å². The first-order valence-corrected chi connectivity index (χ1v) is 4.54. The van der Waals surface area contributed by atoms with Crippen LogP contribution in [0.25, 0.3) is 0 Å². The Labute approximate surface area is 91.4 Å². The fourth-order valence-electron chi connectivity index (χ4n) is 0.830. The molecule has 0 spiro atoms. The molecular weight excluding hydrogens is 281 g/mol. The molecule has 0 aromatic carbocycles. The summed E-state index contributed by atoms with van der Waals surface area (Å²) in [6.45, 7) is 0. The highest BCUT2D eigenvalue weighted by atomic mass is 79.9. The molecule has 0 atom stereocenters. The fourth-order valence-corrected chi connectivity index (χ4v) is 1.60. The van der Waals surface area contributed by atoms with Crippen LogP contribution in [0.15, 0.2) is 10.5 Å². The predicted octanol–water partition coefficient (Wildman–Crippen LogP) is 2.74. The Morgan fingerprint density at radius 3 is 2.64 bits per heavy atom. The largest absolute Gasteiger partial charge is 0.383 e. The normalized spacial score (nSPS) is 10.6. The topological polar surface area (TPSA) is 56.0 Å². The number of pyridine rings is 1. The minimum Gasteiger partial charge on any atom is -0.383 e. The highest BCUT2D eigenvalue weighted by molar-refractivity contribution is 9.10. The van der Waals surface area contributed by atoms with Crippen LogP contribution in [-0.2, 0) is 0 Å². The van der Waals surface area contributed by atoms with Gasteiger partial charge in [-0.1, -0.05) is 0 Å². The molecule has 0 unspecified atom stereocenters. The minimum absolute atomic E-state index is 0.0991. The van der Waals surface area contributed by atoms with Crippen molar-refractivity contribution in [1.82, 2.24) is 4.98 Å². The maximum atomic E-state index is 12.3. The molecule has 0 aliphatic heterocycles. The third-order valence-corrected chi connectivity index (χ3v) is 2.24. The van der Waals surface area contributed by atoms with Crippen LogP contribution in [0.5, 0.6) is 0 Å². The van der Waals surface area contributed by atoms with E-state index in [4.69, 9.17) is 17.3 Å². The Morgan fingerprint density at radius 2 is 2.21 bits per heavy atom. The van der Waals surface area contributed by atoms with Gasteiger partial charge in [-0.15, -0.1) is 0 Å². The van der Waals surface area contributed by atoms with Gasteiger partial charge in [0.2, 0.25) is 0 Å². The lowest BCUT2D eigenvalue weighted by Gasteiger charge is -2.06. The molecular formula is C7H4BrClF2N2O. The van der Waals surface area contributed by atoms with Crippen molar-refractivity contribution >= 4 is 38.6 Å². The van der Waals surface area contributed by atoms with Gasteiger partial charge < -0.3 is 5.73 Å². The van der Waals surface area contributed by atoms with E-state index in [0.29, 0.717) is 0 Å². The SMILES string of the molecule is Nc1nc(C(=O)Cl)c(Br)cc1C(F)F. The van der Waals surface area contributed by atoms with Crippen molar-refractivity contribution in [1.29, 1.82) is 0 Å². The zero-order chi connectivity index (χ0) is 10.9. The van der Waals surface area contributed by atoms with Crippen LogP contribution in [-0.4, -0.2) is 10.2 Å². The number of nitrogens with two attached hydrogens (primary N) is 1. The highest BCUT2D eigenvalue weighted by Gasteiger charge is 2.18. The molecule has 1 aromatic heterocycles.